The molecule has 1 saturated heterocycles. The van der Waals surface area contributed by atoms with Crippen LogP contribution in [-0.2, 0) is 11.3 Å². The van der Waals surface area contributed by atoms with Crippen LogP contribution in [0.15, 0.2) is 48.5 Å². The largest absolute Gasteiger partial charge is 0.341 e. The summed E-state index contributed by atoms with van der Waals surface area (Å²) in [5.74, 6) is 0.106. The highest BCUT2D eigenvalue weighted by molar-refractivity contribution is 6.08. The molecule has 4 heteroatoms. The van der Waals surface area contributed by atoms with Gasteiger partial charge in [-0.3, -0.25) is 4.79 Å². The lowest BCUT2D eigenvalue weighted by molar-refractivity contribution is -0.127. The van der Waals surface area contributed by atoms with Crippen molar-refractivity contribution in [2.75, 3.05) is 33.2 Å². The van der Waals surface area contributed by atoms with Crippen molar-refractivity contribution in [3.63, 3.8) is 0 Å². The van der Waals surface area contributed by atoms with E-state index < -0.39 is 0 Å². The third-order valence-electron chi connectivity index (χ3n) is 5.35. The molecular weight excluding hydrogens is 322 g/mol. The van der Waals surface area contributed by atoms with Gasteiger partial charge in [0, 0.05) is 60.6 Å². The number of carbonyl (C=O) groups is 1. The van der Waals surface area contributed by atoms with Gasteiger partial charge in [-0.2, -0.15) is 0 Å². The molecule has 0 N–H and O–H groups in total. The van der Waals surface area contributed by atoms with Crippen LogP contribution in [0, 0.1) is 0 Å². The molecule has 1 fully saturated rings. The molecule has 0 unspecified atom stereocenters. The lowest BCUT2D eigenvalue weighted by atomic mass is 10.1. The molecule has 26 heavy (non-hydrogen) atoms. The summed E-state index contributed by atoms with van der Waals surface area (Å²) in [4.78, 5) is 16.6. The zero-order valence-electron chi connectivity index (χ0n) is 15.5. The van der Waals surface area contributed by atoms with Crippen molar-refractivity contribution in [3.05, 3.63) is 54.1 Å². The van der Waals surface area contributed by atoms with Crippen molar-refractivity contribution in [1.82, 2.24) is 14.4 Å². The number of carbonyl (C=O) groups excluding carboxylic acids is 1. The van der Waals surface area contributed by atoms with Crippen LogP contribution in [0.4, 0.5) is 0 Å². The highest BCUT2D eigenvalue weighted by Gasteiger charge is 2.16. The van der Waals surface area contributed by atoms with E-state index in [1.54, 1.807) is 6.08 Å². The van der Waals surface area contributed by atoms with E-state index in [-0.39, 0.29) is 5.91 Å². The number of piperazine rings is 1. The SMILES string of the molecule is CCn1c2ccccc2c2cc(C=CC(=O)N3CCN(C)CC3)ccc21. The minimum atomic E-state index is 0.106. The van der Waals surface area contributed by atoms with Gasteiger partial charge in [0.2, 0.25) is 5.91 Å². The fourth-order valence-electron chi connectivity index (χ4n) is 3.82. The van der Waals surface area contributed by atoms with Gasteiger partial charge >= 0.3 is 0 Å². The van der Waals surface area contributed by atoms with Crippen LogP contribution in [0.1, 0.15) is 12.5 Å². The summed E-state index contributed by atoms with van der Waals surface area (Å²) in [5, 5.41) is 2.52. The smallest absolute Gasteiger partial charge is 0.246 e. The molecule has 0 atom stereocenters. The van der Waals surface area contributed by atoms with Crippen molar-refractivity contribution in [3.8, 4) is 0 Å². The van der Waals surface area contributed by atoms with Gasteiger partial charge in [-0.05, 0) is 43.8 Å². The van der Waals surface area contributed by atoms with Gasteiger partial charge in [-0.25, -0.2) is 0 Å². The van der Waals surface area contributed by atoms with Crippen molar-refractivity contribution < 1.29 is 4.79 Å². The third kappa shape index (κ3) is 3.01. The summed E-state index contributed by atoms with van der Waals surface area (Å²) in [6.07, 6.45) is 3.66. The Hall–Kier alpha value is -2.59. The Labute approximate surface area is 154 Å². The van der Waals surface area contributed by atoms with Crippen LogP contribution < -0.4 is 0 Å². The Kier molecular flexibility index (Phi) is 4.51. The molecule has 134 valence electrons. The number of benzene rings is 2. The first-order chi connectivity index (χ1) is 12.7. The van der Waals surface area contributed by atoms with E-state index in [1.165, 1.54) is 21.8 Å². The first-order valence-electron chi connectivity index (χ1n) is 9.34. The second-order valence-corrected chi connectivity index (χ2v) is 7.00. The standard InChI is InChI=1S/C22H25N3O/c1-3-25-20-7-5-4-6-18(20)19-16-17(8-10-21(19)25)9-11-22(26)24-14-12-23(2)13-15-24/h4-11,16H,3,12-15H2,1-2H3. The van der Waals surface area contributed by atoms with E-state index in [4.69, 9.17) is 0 Å². The molecule has 4 nitrogen and oxygen atoms in total. The fourth-order valence-corrected chi connectivity index (χ4v) is 3.82. The monoisotopic (exact) mass is 347 g/mol. The van der Waals surface area contributed by atoms with Gasteiger partial charge < -0.3 is 14.4 Å². The lowest BCUT2D eigenvalue weighted by Crippen LogP contribution is -2.46. The van der Waals surface area contributed by atoms with E-state index in [1.807, 2.05) is 11.0 Å². The van der Waals surface area contributed by atoms with E-state index in [0.717, 1.165) is 38.3 Å². The number of nitrogens with zero attached hydrogens (tertiary/aromatic N) is 3. The maximum absolute atomic E-state index is 12.4. The van der Waals surface area contributed by atoms with Gasteiger partial charge in [-0.1, -0.05) is 24.3 Å². The number of fused-ring (bicyclic) bond motifs is 3. The summed E-state index contributed by atoms with van der Waals surface area (Å²) >= 11 is 0. The van der Waals surface area contributed by atoms with Gasteiger partial charge in [0.1, 0.15) is 0 Å². The molecule has 1 aliphatic heterocycles. The van der Waals surface area contributed by atoms with E-state index in [2.05, 4.69) is 65.9 Å². The first kappa shape index (κ1) is 16.9. The van der Waals surface area contributed by atoms with E-state index in [0.29, 0.717) is 0 Å². The highest BCUT2D eigenvalue weighted by atomic mass is 16.2. The Morgan fingerprint density at radius 1 is 1.00 bits per heavy atom. The molecule has 1 amide bonds. The van der Waals surface area contributed by atoms with Crippen LogP contribution in [0.2, 0.25) is 0 Å². The summed E-state index contributed by atoms with van der Waals surface area (Å²) in [7, 11) is 2.10. The Balaban J connectivity index is 1.63. The van der Waals surface area contributed by atoms with Crippen LogP contribution in [-0.4, -0.2) is 53.5 Å². The molecule has 3 aromatic rings. The summed E-state index contributed by atoms with van der Waals surface area (Å²) < 4.78 is 2.34. The van der Waals surface area contributed by atoms with Crippen LogP contribution in [0.3, 0.4) is 0 Å². The predicted molar refractivity (Wildman–Crippen MR) is 108 cm³/mol. The number of aryl methyl sites for hydroxylation is 1. The molecule has 1 aromatic heterocycles. The van der Waals surface area contributed by atoms with Crippen LogP contribution in [0.25, 0.3) is 27.9 Å². The predicted octanol–water partition coefficient (Wildman–Crippen LogP) is 3.60. The summed E-state index contributed by atoms with van der Waals surface area (Å²) in [6.45, 7) is 6.63. The molecule has 1 aliphatic rings. The first-order valence-corrected chi connectivity index (χ1v) is 9.34. The fraction of sp³-hybridized carbons (Fsp3) is 0.318. The topological polar surface area (TPSA) is 28.5 Å². The second kappa shape index (κ2) is 6.96. The summed E-state index contributed by atoms with van der Waals surface area (Å²) in [6, 6.07) is 15.0. The van der Waals surface area contributed by atoms with Gasteiger partial charge in [0.15, 0.2) is 0 Å². The van der Waals surface area contributed by atoms with Crippen molar-refractivity contribution in [1.29, 1.82) is 0 Å². The highest BCUT2D eigenvalue weighted by Crippen LogP contribution is 2.29. The van der Waals surface area contributed by atoms with Crippen LogP contribution in [0.5, 0.6) is 0 Å². The minimum absolute atomic E-state index is 0.106. The minimum Gasteiger partial charge on any atom is -0.341 e. The number of hydrogen-bond donors (Lipinski definition) is 0. The number of aromatic nitrogens is 1. The molecule has 4 rings (SSSR count). The van der Waals surface area contributed by atoms with Crippen LogP contribution >= 0.6 is 0 Å². The van der Waals surface area contributed by atoms with E-state index in [9.17, 15) is 4.79 Å². The number of para-hydroxylation sites is 1. The van der Waals surface area contributed by atoms with Crippen molar-refractivity contribution >= 4 is 33.8 Å². The maximum Gasteiger partial charge on any atom is 0.246 e. The number of hydrogen-bond acceptors (Lipinski definition) is 2. The number of likely N-dealkylation sites (N-methyl/N-ethyl adjacent to an activating group) is 1. The molecule has 0 spiro atoms. The number of amides is 1. The Morgan fingerprint density at radius 3 is 2.50 bits per heavy atom. The molecule has 2 aromatic carbocycles. The summed E-state index contributed by atoms with van der Waals surface area (Å²) in [5.41, 5.74) is 3.58. The van der Waals surface area contributed by atoms with Gasteiger partial charge in [0.05, 0.1) is 0 Å². The normalized spacial score (nSPS) is 16.2. The van der Waals surface area contributed by atoms with Gasteiger partial charge in [0.25, 0.3) is 0 Å². The van der Waals surface area contributed by atoms with Gasteiger partial charge in [-0.15, -0.1) is 0 Å². The molecule has 0 radical (unpaired) electrons. The lowest BCUT2D eigenvalue weighted by Gasteiger charge is -2.31. The van der Waals surface area contributed by atoms with Crippen molar-refractivity contribution in [2.45, 2.75) is 13.5 Å². The Morgan fingerprint density at radius 2 is 1.73 bits per heavy atom. The molecule has 0 bridgehead atoms. The average molecular weight is 347 g/mol. The zero-order chi connectivity index (χ0) is 18.1. The third-order valence-corrected chi connectivity index (χ3v) is 5.35. The maximum atomic E-state index is 12.4. The zero-order valence-corrected chi connectivity index (χ0v) is 15.5. The number of rotatable bonds is 3. The quantitative estimate of drug-likeness (QED) is 0.677. The molecular formula is C22H25N3O. The second-order valence-electron chi connectivity index (χ2n) is 7.00. The Bertz CT molecular complexity index is 978. The molecule has 0 saturated carbocycles. The average Bonchev–Trinajstić information content (AvgIpc) is 2.99. The molecule has 2 heterocycles. The van der Waals surface area contributed by atoms with Crippen molar-refractivity contribution in [2.24, 2.45) is 0 Å². The van der Waals surface area contributed by atoms with E-state index >= 15 is 0 Å². The molecule has 0 aliphatic carbocycles.